The van der Waals surface area contributed by atoms with Gasteiger partial charge in [-0.2, -0.15) is 0 Å². The van der Waals surface area contributed by atoms with Crippen molar-refractivity contribution in [3.05, 3.63) is 48.0 Å². The molecule has 1 aliphatic rings. The number of hydrogen-bond donors (Lipinski definition) is 1. The average Bonchev–Trinajstić information content (AvgIpc) is 2.92. The van der Waals surface area contributed by atoms with Gasteiger partial charge < -0.3 is 9.84 Å². The van der Waals surface area contributed by atoms with Crippen molar-refractivity contribution in [3.63, 3.8) is 0 Å². The van der Waals surface area contributed by atoms with Crippen LogP contribution in [0.4, 0.5) is 0 Å². The second-order valence-electron chi connectivity index (χ2n) is 9.23. The fourth-order valence-electron chi connectivity index (χ4n) is 4.08. The summed E-state index contributed by atoms with van der Waals surface area (Å²) in [6, 6.07) is 12.1. The molecule has 1 N–H and O–H groups in total. The van der Waals surface area contributed by atoms with Gasteiger partial charge in [0.2, 0.25) is 0 Å². The minimum atomic E-state index is -1.08. The summed E-state index contributed by atoms with van der Waals surface area (Å²) in [6.45, 7) is 15.2. The van der Waals surface area contributed by atoms with Gasteiger partial charge in [-0.05, 0) is 60.5 Å². The van der Waals surface area contributed by atoms with Crippen molar-refractivity contribution in [1.82, 2.24) is 4.90 Å². The van der Waals surface area contributed by atoms with E-state index in [1.54, 1.807) is 7.11 Å². The molecule has 3 rings (SSSR count). The summed E-state index contributed by atoms with van der Waals surface area (Å²) >= 11 is 0. The van der Waals surface area contributed by atoms with Crippen LogP contribution in [0.1, 0.15) is 24.5 Å². The van der Waals surface area contributed by atoms with E-state index >= 15 is 0 Å². The van der Waals surface area contributed by atoms with Gasteiger partial charge in [0.1, 0.15) is 11.4 Å². The quantitative estimate of drug-likeness (QED) is 0.704. The minimum Gasteiger partial charge on any atom is -0.496 e. The van der Waals surface area contributed by atoms with Crippen molar-refractivity contribution in [2.24, 2.45) is 0 Å². The lowest BCUT2D eigenvalue weighted by Gasteiger charge is -2.27. The Bertz CT molecular complexity index is 842. The molecule has 0 radical (unpaired) electrons. The lowest BCUT2D eigenvalue weighted by molar-refractivity contribution is 0.0467. The van der Waals surface area contributed by atoms with E-state index in [-0.39, 0.29) is 0 Å². The van der Waals surface area contributed by atoms with Gasteiger partial charge in [0.05, 0.1) is 7.11 Å². The first-order valence-electron chi connectivity index (χ1n) is 9.86. The Morgan fingerprint density at radius 1 is 1.26 bits per heavy atom. The van der Waals surface area contributed by atoms with E-state index in [1.807, 2.05) is 12.1 Å². The van der Waals surface area contributed by atoms with E-state index in [4.69, 9.17) is 4.74 Å². The van der Waals surface area contributed by atoms with E-state index in [1.165, 1.54) is 6.04 Å². The molecule has 1 fully saturated rings. The number of benzene rings is 2. The Kier molecular flexibility index (Phi) is 5.53. The number of fused-ring (bicyclic) bond motifs is 1. The Balaban J connectivity index is 1.89. The van der Waals surface area contributed by atoms with Gasteiger partial charge in [0.25, 0.3) is 0 Å². The molecule has 2 aromatic carbocycles. The van der Waals surface area contributed by atoms with Crippen LogP contribution in [-0.4, -0.2) is 44.3 Å². The van der Waals surface area contributed by atoms with Crippen LogP contribution in [0.15, 0.2) is 36.9 Å². The number of nitrogens with zero attached hydrogens (tertiary/aromatic N) is 1. The predicted octanol–water partition coefficient (Wildman–Crippen LogP) is 5.11. The van der Waals surface area contributed by atoms with Gasteiger partial charge in [-0.1, -0.05) is 44.4 Å². The summed E-state index contributed by atoms with van der Waals surface area (Å²) in [5, 5.41) is 13.7. The predicted molar refractivity (Wildman–Crippen MR) is 118 cm³/mol. The number of hydrogen-bond acceptors (Lipinski definition) is 3. The maximum Gasteiger partial charge on any atom is 0.126 e. The molecule has 0 bridgehead atoms. The fraction of sp³-hybridized carbons (Fsp3) is 0.478. The maximum absolute atomic E-state index is 11.4. The molecule has 2 aromatic rings. The van der Waals surface area contributed by atoms with Gasteiger partial charge >= 0.3 is 0 Å². The highest BCUT2D eigenvalue weighted by Crippen LogP contribution is 2.38. The number of β-amino-alcohol motifs (C(OH)–C–C–N with tert-alkyl or cyclic N) is 1. The molecule has 1 heterocycles. The van der Waals surface area contributed by atoms with Gasteiger partial charge in [0.15, 0.2) is 0 Å². The Hall–Kier alpha value is -1.62. The summed E-state index contributed by atoms with van der Waals surface area (Å²) < 4.78 is 5.45. The molecule has 146 valence electrons. The number of aliphatic hydroxyl groups is 1. The lowest BCUT2D eigenvalue weighted by Crippen LogP contribution is -2.35. The molecule has 1 saturated heterocycles. The zero-order valence-corrected chi connectivity index (χ0v) is 18.4. The van der Waals surface area contributed by atoms with E-state index in [0.29, 0.717) is 12.6 Å². The van der Waals surface area contributed by atoms with Gasteiger partial charge in [-0.3, -0.25) is 4.90 Å². The van der Waals surface area contributed by atoms with Gasteiger partial charge in [0, 0.05) is 26.2 Å². The first kappa shape index (κ1) is 20.1. The van der Waals surface area contributed by atoms with E-state index in [0.717, 1.165) is 40.6 Å². The molecule has 3 nitrogen and oxygen atoms in total. The van der Waals surface area contributed by atoms with Crippen molar-refractivity contribution >= 4 is 24.9 Å². The first-order valence-corrected chi connectivity index (χ1v) is 13.6. The molecule has 0 saturated carbocycles. The van der Waals surface area contributed by atoms with Crippen molar-refractivity contribution in [3.8, 4) is 5.75 Å². The van der Waals surface area contributed by atoms with Crippen molar-refractivity contribution in [2.45, 2.75) is 50.7 Å². The number of likely N-dealkylation sites (tertiary alicyclic amines) is 1. The largest absolute Gasteiger partial charge is 0.496 e. The molecular weight excluding hydrogens is 350 g/mol. The highest BCUT2D eigenvalue weighted by atomic mass is 28.3. The third-order valence-corrected chi connectivity index (χ3v) is 7.54. The molecule has 0 amide bonds. The molecule has 0 aliphatic carbocycles. The van der Waals surface area contributed by atoms with Crippen molar-refractivity contribution in [2.75, 3.05) is 20.2 Å². The Labute approximate surface area is 164 Å². The third kappa shape index (κ3) is 4.28. The first-order chi connectivity index (χ1) is 12.6. The molecule has 1 aliphatic heterocycles. The van der Waals surface area contributed by atoms with Crippen LogP contribution in [0.2, 0.25) is 25.7 Å². The van der Waals surface area contributed by atoms with Crippen LogP contribution in [0.5, 0.6) is 5.75 Å². The Morgan fingerprint density at radius 2 is 2.00 bits per heavy atom. The monoisotopic (exact) mass is 383 g/mol. The topological polar surface area (TPSA) is 32.7 Å². The maximum atomic E-state index is 11.4. The van der Waals surface area contributed by atoms with Gasteiger partial charge in [-0.15, -0.1) is 0 Å². The Morgan fingerprint density at radius 3 is 2.63 bits per heavy atom. The molecule has 27 heavy (non-hydrogen) atoms. The van der Waals surface area contributed by atoms with Crippen molar-refractivity contribution < 1.29 is 9.84 Å². The smallest absolute Gasteiger partial charge is 0.126 e. The fourth-order valence-corrected chi connectivity index (χ4v) is 5.04. The number of ether oxygens (including phenoxy) is 1. The molecule has 2 atom stereocenters. The highest BCUT2D eigenvalue weighted by molar-refractivity contribution is 6.76. The van der Waals surface area contributed by atoms with Crippen LogP contribution < -0.4 is 4.74 Å². The highest BCUT2D eigenvalue weighted by Gasteiger charge is 2.42. The van der Waals surface area contributed by atoms with Crippen LogP contribution in [0, 0.1) is 0 Å². The van der Waals surface area contributed by atoms with Gasteiger partial charge in [-0.25, -0.2) is 0 Å². The van der Waals surface area contributed by atoms with Crippen LogP contribution in [0.3, 0.4) is 0 Å². The lowest BCUT2D eigenvalue weighted by atomic mass is 9.89. The average molecular weight is 384 g/mol. The van der Waals surface area contributed by atoms with E-state index in [9.17, 15) is 5.11 Å². The summed E-state index contributed by atoms with van der Waals surface area (Å²) in [5.41, 5.74) is 1.21. The third-order valence-electron chi connectivity index (χ3n) is 5.82. The zero-order chi connectivity index (χ0) is 19.8. The number of rotatable bonds is 6. The summed E-state index contributed by atoms with van der Waals surface area (Å²) in [7, 11) is 0.600. The minimum absolute atomic E-state index is 0.404. The standard InChI is InChI=1S/C23H33NO2Si/c1-7-18-12-20-13-21(9-8-19(20)14-22(18)26-3)23(25)15-17(2)24(16-23)10-11-27(4,5)6/h7-9,12-14,17,25H,1,10-11,15-16H2,2-6H3/t17-,23-/m0/s1. The second-order valence-corrected chi connectivity index (χ2v) is 14.8. The normalized spacial score (nSPS) is 23.7. The number of methoxy groups -OCH3 is 1. The van der Waals surface area contributed by atoms with E-state index in [2.05, 4.69) is 62.3 Å². The second kappa shape index (κ2) is 7.42. The summed E-state index contributed by atoms with van der Waals surface area (Å²) in [6.07, 6.45) is 2.60. The summed E-state index contributed by atoms with van der Waals surface area (Å²) in [4.78, 5) is 2.46. The van der Waals surface area contributed by atoms with Crippen LogP contribution in [0.25, 0.3) is 16.8 Å². The molecule has 0 unspecified atom stereocenters. The SMILES string of the molecule is C=Cc1cc2cc([C@]3(O)C[C@H](C)N(CC[Si](C)(C)C)C3)ccc2cc1OC. The summed E-state index contributed by atoms with van der Waals surface area (Å²) in [5.74, 6) is 0.830. The van der Waals surface area contributed by atoms with E-state index < -0.39 is 13.7 Å². The van der Waals surface area contributed by atoms with Crippen molar-refractivity contribution in [1.29, 1.82) is 0 Å². The van der Waals surface area contributed by atoms with Crippen LogP contribution >= 0.6 is 0 Å². The molecule has 0 spiro atoms. The van der Waals surface area contributed by atoms with Crippen LogP contribution in [-0.2, 0) is 5.60 Å². The molecular formula is C23H33NO2Si. The molecule has 0 aromatic heterocycles. The zero-order valence-electron chi connectivity index (χ0n) is 17.4. The molecule has 4 heteroatoms.